The highest BCUT2D eigenvalue weighted by Gasteiger charge is 2.60. The van der Waals surface area contributed by atoms with Crippen LogP contribution in [-0.2, 0) is 0 Å². The van der Waals surface area contributed by atoms with E-state index in [1.165, 1.54) is 76.2 Å². The molecule has 0 nitrogen and oxygen atoms in total. The van der Waals surface area contributed by atoms with Crippen LogP contribution in [0, 0.1) is 98.1 Å². The van der Waals surface area contributed by atoms with E-state index in [0.717, 1.165) is 6.92 Å². The summed E-state index contributed by atoms with van der Waals surface area (Å²) in [5.41, 5.74) is -6.04. The van der Waals surface area contributed by atoms with Crippen LogP contribution < -0.4 is 0 Å². The van der Waals surface area contributed by atoms with Crippen LogP contribution in [0.4, 0.5) is 171 Å². The monoisotopic (exact) mass is 1730 g/mol. The third-order valence-corrected chi connectivity index (χ3v) is 19.1. The molecular weight excluding hydrogens is 1610 g/mol. The largest absolute Gasteiger partial charge is 0.400 e. The molecule has 0 aromatic rings. The van der Waals surface area contributed by atoms with E-state index in [-0.39, 0.29) is 48.9 Å². The summed E-state index contributed by atoms with van der Waals surface area (Å²) < 4.78 is 465. The predicted molar refractivity (Wildman–Crippen MR) is 357 cm³/mol. The zero-order valence-electron chi connectivity index (χ0n) is 68.9. The Hall–Kier alpha value is -2.73. The molecule has 2 unspecified atom stereocenters. The molecule has 0 saturated heterocycles. The molecule has 0 aromatic heterocycles. The van der Waals surface area contributed by atoms with Crippen LogP contribution >= 0.6 is 0 Å². The molecule has 0 radical (unpaired) electrons. The molecule has 0 heterocycles. The topological polar surface area (TPSA) is 0 Å². The molecule has 39 heteroatoms. The Morgan fingerprint density at radius 2 is 0.640 bits per heavy atom. The van der Waals surface area contributed by atoms with Gasteiger partial charge < -0.3 is 0 Å². The van der Waals surface area contributed by atoms with E-state index < -0.39 is 174 Å². The van der Waals surface area contributed by atoms with Gasteiger partial charge >= 0.3 is 80.3 Å². The smallest absolute Gasteiger partial charge is 0.171 e. The van der Waals surface area contributed by atoms with Crippen LogP contribution in [0.2, 0.25) is 0 Å². The molecule has 0 rings (SSSR count). The number of rotatable bonds is 19. The number of alkyl halides is 39. The Bertz CT molecular complexity index is 2170. The van der Waals surface area contributed by atoms with Gasteiger partial charge in [-0.05, 0) is 71.5 Å². The maximum atomic E-state index is 12.3. The van der Waals surface area contributed by atoms with Gasteiger partial charge in [-0.3, -0.25) is 0 Å². The number of hydrogen-bond acceptors (Lipinski definition) is 0. The summed E-state index contributed by atoms with van der Waals surface area (Å²) in [7, 11) is 0. The lowest BCUT2D eigenvalue weighted by atomic mass is 9.69. The van der Waals surface area contributed by atoms with Gasteiger partial charge in [-0.1, -0.05) is 252 Å². The van der Waals surface area contributed by atoms with Crippen molar-refractivity contribution < 1.29 is 171 Å². The maximum absolute atomic E-state index is 12.3. The fraction of sp³-hybridized carbons (Fsp3) is 1.00. The fourth-order valence-electron chi connectivity index (χ4n) is 7.56. The minimum atomic E-state index is -5.20. The molecule has 0 aliphatic rings. The summed E-state index contributed by atoms with van der Waals surface area (Å²) in [5.74, 6) is -15.0. The van der Waals surface area contributed by atoms with Crippen LogP contribution in [-0.4, -0.2) is 80.3 Å². The molecule has 0 saturated carbocycles. The molecule has 0 N–H and O–H groups in total. The van der Waals surface area contributed by atoms with Crippen molar-refractivity contribution in [3.8, 4) is 0 Å². The molecule has 0 spiro atoms. The third-order valence-electron chi connectivity index (χ3n) is 19.1. The summed E-state index contributed by atoms with van der Waals surface area (Å²) in [5, 5.41) is 0. The Labute approximate surface area is 632 Å². The van der Waals surface area contributed by atoms with E-state index >= 15 is 0 Å². The van der Waals surface area contributed by atoms with Crippen molar-refractivity contribution in [2.45, 2.75) is 365 Å². The highest BCUT2D eigenvalue weighted by molar-refractivity contribution is 4.89. The average Bonchev–Trinajstić information content (AvgIpc) is 0.794. The van der Waals surface area contributed by atoms with Gasteiger partial charge in [0.1, 0.15) is 0 Å². The summed E-state index contributed by atoms with van der Waals surface area (Å²) in [4.78, 5) is 0. The molecule has 0 bridgehead atoms. The summed E-state index contributed by atoms with van der Waals surface area (Å²) >= 11 is 0. The molecule has 0 aromatic carbocycles. The highest BCUT2D eigenvalue weighted by atomic mass is 19.5. The van der Waals surface area contributed by atoms with Gasteiger partial charge in [-0.2, -0.15) is 171 Å². The minimum Gasteiger partial charge on any atom is -0.171 e. The Kier molecular flexibility index (Phi) is 59.2. The Morgan fingerprint density at radius 1 is 0.315 bits per heavy atom. The Morgan fingerprint density at radius 3 is 0.730 bits per heavy atom. The van der Waals surface area contributed by atoms with Crippen molar-refractivity contribution >= 4 is 0 Å². The standard InChI is InChI=1S/2C8H15F3.3C7H10F6.5C7H13F3/c1-6(2,3)7(4,5)8(9,10)11;1-5(2)6(3)7(4)8(9,10)11;1-4(2)3-5(6(8,9)10)7(11,12)13;1-3-4(2)5(6(8,9)10)7(11,12)13;1-2-3-4-5(6(8,9)10)7(11,12)13;1-5(2)6(3,4)7(8,9)10;1-4-6(2,3)5-7(8,9)10;1-4-5-6(2,3)7(8,9)10;1-4-5(2)6(3)7(8,9)10;1-3-6(4-2)5-7(8,9)10/h1-5H3;5-7H,1-4H3;2*4-5H,3H2,1-2H3;5H,2-4H2,1H3;5H,1-4H3;2*4-5H2,1-3H3;5-6H,4H2,1-3H3;6H,3-5H2,1-2H3/t;6-,7?;;4-;;;;;5?,6-;/m.1.0....1./s1. The van der Waals surface area contributed by atoms with Crippen molar-refractivity contribution in [3.05, 3.63) is 0 Å². The Balaban J connectivity index is -0.000000128. The van der Waals surface area contributed by atoms with E-state index in [1.54, 1.807) is 104 Å². The normalized spacial score (nSPS) is 15.2. The highest BCUT2D eigenvalue weighted by Crippen LogP contribution is 2.51. The molecule has 0 amide bonds. The zero-order chi connectivity index (χ0) is 93.1. The first-order valence-electron chi connectivity index (χ1n) is 35.6. The number of hydrogen-bond donors (Lipinski definition) is 0. The van der Waals surface area contributed by atoms with Crippen molar-refractivity contribution in [2.24, 2.45) is 98.1 Å². The molecule has 111 heavy (non-hydrogen) atoms. The van der Waals surface area contributed by atoms with E-state index in [1.807, 2.05) is 13.8 Å². The van der Waals surface area contributed by atoms with Crippen molar-refractivity contribution in [1.82, 2.24) is 0 Å². The fourth-order valence-corrected chi connectivity index (χ4v) is 7.56. The van der Waals surface area contributed by atoms with Crippen molar-refractivity contribution in [1.29, 1.82) is 0 Å². The summed E-state index contributed by atoms with van der Waals surface area (Å²) in [6.45, 7) is 43.2. The van der Waals surface area contributed by atoms with Gasteiger partial charge in [-0.15, -0.1) is 0 Å². The SMILES string of the molecule is CC(C)(C)C(C)(C)C(F)(F)F.CC(C)C(C)(C)C(F)(F)F.CC(C)CC(C(F)(F)F)C(F)(F)F.CC(C)[C@@H](C)C(C)C(F)(F)F.CCC(C)(C)CC(F)(F)F.CCC(C)[C@@H](C)C(F)(F)F.CCC(CC)CC(F)(F)F.CCCC(C)(C)C(F)(F)F.CCCCC(C(F)(F)F)C(F)(F)F.CC[C@H](C)C(C(F)(F)F)C(F)(F)F. The molecule has 0 aliphatic heterocycles. The molecular formula is C72H125F39. The van der Waals surface area contributed by atoms with Crippen LogP contribution in [0.25, 0.3) is 0 Å². The van der Waals surface area contributed by atoms with Gasteiger partial charge in [0.25, 0.3) is 0 Å². The second kappa shape index (κ2) is 50.9. The van der Waals surface area contributed by atoms with E-state index in [9.17, 15) is 171 Å². The quantitative estimate of drug-likeness (QED) is 0.113. The second-order valence-corrected chi connectivity index (χ2v) is 31.8. The molecule has 686 valence electrons. The van der Waals surface area contributed by atoms with Crippen LogP contribution in [0.15, 0.2) is 0 Å². The lowest BCUT2D eigenvalue weighted by Crippen LogP contribution is -2.43. The molecule has 5 atom stereocenters. The van der Waals surface area contributed by atoms with Gasteiger partial charge in [-0.25, -0.2) is 0 Å². The van der Waals surface area contributed by atoms with Crippen LogP contribution in [0.5, 0.6) is 0 Å². The van der Waals surface area contributed by atoms with Crippen molar-refractivity contribution in [3.63, 3.8) is 0 Å². The van der Waals surface area contributed by atoms with E-state index in [0.29, 0.717) is 38.5 Å². The summed E-state index contributed by atoms with van der Waals surface area (Å²) in [6, 6.07) is 0. The number of unbranched alkanes of at least 4 members (excludes halogenated alkanes) is 1. The van der Waals surface area contributed by atoms with Crippen LogP contribution in [0.3, 0.4) is 0 Å². The minimum absolute atomic E-state index is 0.0658. The molecule has 0 aliphatic carbocycles. The zero-order valence-corrected chi connectivity index (χ0v) is 68.9. The lowest BCUT2D eigenvalue weighted by Gasteiger charge is -2.40. The van der Waals surface area contributed by atoms with Gasteiger partial charge in [0, 0.05) is 12.8 Å². The van der Waals surface area contributed by atoms with Crippen LogP contribution in [0.1, 0.15) is 284 Å². The summed E-state index contributed by atoms with van der Waals surface area (Å²) in [6.07, 6.45) is -59.2. The average molecular weight is 1730 g/mol. The maximum Gasteiger partial charge on any atom is 0.400 e. The van der Waals surface area contributed by atoms with Gasteiger partial charge in [0.05, 0.1) is 28.1 Å². The van der Waals surface area contributed by atoms with E-state index in [2.05, 4.69) is 0 Å². The molecule has 0 fully saturated rings. The lowest BCUT2D eigenvalue weighted by molar-refractivity contribution is -0.297. The second-order valence-electron chi connectivity index (χ2n) is 31.8. The van der Waals surface area contributed by atoms with Gasteiger partial charge in [0.2, 0.25) is 0 Å². The predicted octanol–water partition coefficient (Wildman–Crippen LogP) is 35.1. The third kappa shape index (κ3) is 63.1. The first-order chi connectivity index (χ1) is 47.8. The number of halogens is 39. The first-order valence-corrected chi connectivity index (χ1v) is 35.6. The first kappa shape index (κ1) is 129. The van der Waals surface area contributed by atoms with Gasteiger partial charge in [0.15, 0.2) is 17.8 Å². The van der Waals surface area contributed by atoms with Crippen molar-refractivity contribution in [2.75, 3.05) is 0 Å². The van der Waals surface area contributed by atoms with E-state index in [4.69, 9.17) is 0 Å².